The summed E-state index contributed by atoms with van der Waals surface area (Å²) in [5, 5.41) is 42.5. The van der Waals surface area contributed by atoms with E-state index in [-0.39, 0.29) is 23.1 Å². The van der Waals surface area contributed by atoms with Crippen molar-refractivity contribution in [2.24, 2.45) is 0 Å². The Kier molecular flexibility index (Phi) is 6.76. The van der Waals surface area contributed by atoms with Crippen molar-refractivity contribution in [2.75, 3.05) is 7.05 Å². The van der Waals surface area contributed by atoms with Gasteiger partial charge in [-0.05, 0) is 12.1 Å². The number of aliphatic hydroxyl groups is 4. The fraction of sp³-hybridized carbons (Fsp3) is 0.375. The molecule has 5 N–H and O–H groups in total. The molecule has 0 bridgehead atoms. The van der Waals surface area contributed by atoms with Gasteiger partial charge in [0.05, 0.1) is 10.6 Å². The summed E-state index contributed by atoms with van der Waals surface area (Å²) in [6.07, 6.45) is -6.22. The molecule has 1 aliphatic heterocycles. The lowest BCUT2D eigenvalue weighted by Crippen LogP contribution is -2.54. The van der Waals surface area contributed by atoms with E-state index in [0.717, 1.165) is 0 Å². The molecule has 1 aromatic carbocycles. The first-order valence-electron chi connectivity index (χ1n) is 8.26. The third kappa shape index (κ3) is 4.40. The van der Waals surface area contributed by atoms with Gasteiger partial charge >= 0.3 is 18.5 Å². The Labute approximate surface area is 182 Å². The van der Waals surface area contributed by atoms with Crippen LogP contribution in [0.5, 0.6) is 0 Å². The van der Waals surface area contributed by atoms with Crippen LogP contribution in [-0.4, -0.2) is 60.3 Å². The van der Waals surface area contributed by atoms with Gasteiger partial charge in [-0.2, -0.15) is 13.2 Å². The molecule has 0 fully saturated rings. The van der Waals surface area contributed by atoms with E-state index in [2.05, 4.69) is 18.1 Å². The van der Waals surface area contributed by atoms with Crippen molar-refractivity contribution in [1.82, 2.24) is 10.2 Å². The average Bonchev–Trinajstić information content (AvgIpc) is 2.80. The van der Waals surface area contributed by atoms with Gasteiger partial charge in [0.25, 0.3) is 17.5 Å². The lowest BCUT2D eigenvalue weighted by atomic mass is 10.0. The summed E-state index contributed by atoms with van der Waals surface area (Å²) in [5.74, 6) is -9.24. The minimum Gasteiger partial charge on any atom is -0.350 e. The smallest absolute Gasteiger partial charge is 0.350 e. The second kappa shape index (κ2) is 8.37. The summed E-state index contributed by atoms with van der Waals surface area (Å²) in [5.41, 5.74) is -3.77. The number of hydrogen-bond donors (Lipinski definition) is 6. The first-order valence-corrected chi connectivity index (χ1v) is 9.04. The molecule has 0 aromatic heterocycles. The van der Waals surface area contributed by atoms with Gasteiger partial charge in [-0.15, -0.1) is 0 Å². The Hall–Kier alpha value is -2.23. The summed E-state index contributed by atoms with van der Waals surface area (Å²) in [4.78, 5) is 35.0. The third-order valence-electron chi connectivity index (χ3n) is 4.45. The van der Waals surface area contributed by atoms with E-state index in [9.17, 15) is 48.0 Å². The molecule has 3 amide bonds. The summed E-state index contributed by atoms with van der Waals surface area (Å²) in [7, 11) is 1.22. The normalized spacial score (nSPS) is 17.7. The van der Waals surface area contributed by atoms with Crippen LogP contribution in [-0.2, 0) is 32.4 Å². The summed E-state index contributed by atoms with van der Waals surface area (Å²) in [6.45, 7) is 0. The highest BCUT2D eigenvalue weighted by Crippen LogP contribution is 2.48. The SMILES string of the molecule is CNC(=O)/C(CCC(=O)N1C(O)(O)c2cc(Cl)c(C(F)(F)F)cc2C1(O)O)=[N+](/S)C=O. The van der Waals surface area contributed by atoms with Gasteiger partial charge in [-0.1, -0.05) is 15.6 Å². The number of carbonyl (C=O) groups excluding carboxylic acids is 3. The van der Waals surface area contributed by atoms with Crippen LogP contribution in [0.15, 0.2) is 12.1 Å². The predicted octanol–water partition coefficient (Wildman–Crippen LogP) is -0.628. The number of carbonyl (C=O) groups is 3. The highest BCUT2D eigenvalue weighted by molar-refractivity contribution is 7.74. The van der Waals surface area contributed by atoms with Gasteiger partial charge in [0.1, 0.15) is 0 Å². The van der Waals surface area contributed by atoms with E-state index in [1.807, 2.05) is 0 Å². The molecule has 0 saturated heterocycles. The quantitative estimate of drug-likeness (QED) is 0.107. The van der Waals surface area contributed by atoms with Crippen molar-refractivity contribution >= 4 is 48.4 Å². The second-order valence-electron chi connectivity index (χ2n) is 6.35. The molecule has 2 rings (SSSR count). The van der Waals surface area contributed by atoms with Gasteiger partial charge in [0.2, 0.25) is 5.91 Å². The van der Waals surface area contributed by atoms with Crippen LogP contribution in [0.4, 0.5) is 13.2 Å². The molecular weight excluding hydrogens is 471 g/mol. The van der Waals surface area contributed by atoms with Crippen LogP contribution in [0.3, 0.4) is 0 Å². The maximum Gasteiger partial charge on any atom is 0.417 e. The monoisotopic (exact) mass is 486 g/mol. The van der Waals surface area contributed by atoms with E-state index in [0.29, 0.717) is 10.0 Å². The third-order valence-corrected chi connectivity index (χ3v) is 5.10. The fourth-order valence-electron chi connectivity index (χ4n) is 3.03. The Balaban J connectivity index is 2.46. The number of nitrogens with zero attached hydrogens (tertiary/aromatic N) is 2. The highest BCUT2D eigenvalue weighted by atomic mass is 35.5. The Morgan fingerprint density at radius 2 is 1.71 bits per heavy atom. The summed E-state index contributed by atoms with van der Waals surface area (Å²) < 4.78 is 39.9. The van der Waals surface area contributed by atoms with Gasteiger partial charge in [0, 0.05) is 31.0 Å². The topological polar surface area (TPSA) is 150 Å². The molecule has 0 atom stereocenters. The van der Waals surface area contributed by atoms with Crippen molar-refractivity contribution in [3.8, 4) is 0 Å². The van der Waals surface area contributed by atoms with Gasteiger partial charge in [-0.25, -0.2) is 9.69 Å². The molecule has 170 valence electrons. The molecule has 1 heterocycles. The minimum atomic E-state index is -5.02. The molecule has 0 aliphatic carbocycles. The number of halogens is 4. The highest BCUT2D eigenvalue weighted by Gasteiger charge is 2.60. The Morgan fingerprint density at radius 1 is 1.19 bits per heavy atom. The number of amides is 3. The van der Waals surface area contributed by atoms with Crippen LogP contribution >= 0.6 is 24.4 Å². The zero-order valence-corrected chi connectivity index (χ0v) is 17.2. The predicted molar refractivity (Wildman–Crippen MR) is 99.1 cm³/mol. The van der Waals surface area contributed by atoms with Crippen molar-refractivity contribution in [1.29, 1.82) is 0 Å². The fourth-order valence-corrected chi connectivity index (χ4v) is 3.49. The standard InChI is InChI=1S/C16H15ClF3N3O7S/c1-21-13(26)11(22(31)6-24)2-3-12(25)23-15(27,28)7-4-9(14(18,19)20)10(17)5-8(7)16(23,29)30/h4-6,27-30H,2-3H2,1H3,(H-,21,26,31)/p+1. The van der Waals surface area contributed by atoms with Crippen LogP contribution in [0.25, 0.3) is 0 Å². The number of benzene rings is 1. The van der Waals surface area contributed by atoms with E-state index < -0.39 is 64.4 Å². The van der Waals surface area contributed by atoms with E-state index in [1.165, 1.54) is 7.05 Å². The van der Waals surface area contributed by atoms with Crippen molar-refractivity contribution in [2.45, 2.75) is 30.8 Å². The van der Waals surface area contributed by atoms with Gasteiger partial charge in [-0.3, -0.25) is 9.59 Å². The number of fused-ring (bicyclic) bond motifs is 1. The molecule has 0 saturated carbocycles. The minimum absolute atomic E-state index is 0.134. The summed E-state index contributed by atoms with van der Waals surface area (Å²) in [6, 6.07) is 0.619. The number of hydrogen-bond acceptors (Lipinski definition) is 8. The van der Waals surface area contributed by atoms with Crippen molar-refractivity contribution < 1.29 is 52.0 Å². The maximum absolute atomic E-state index is 13.1. The van der Waals surface area contributed by atoms with Crippen LogP contribution in [0.2, 0.25) is 5.02 Å². The molecule has 0 radical (unpaired) electrons. The molecular formula is C16H16ClF3N3O7S+. The Morgan fingerprint density at radius 3 is 2.16 bits per heavy atom. The van der Waals surface area contributed by atoms with E-state index in [1.54, 1.807) is 0 Å². The van der Waals surface area contributed by atoms with Gasteiger partial charge in [0.15, 0.2) is 12.8 Å². The zero-order chi connectivity index (χ0) is 23.9. The van der Waals surface area contributed by atoms with Gasteiger partial charge < -0.3 is 25.7 Å². The first-order chi connectivity index (χ1) is 14.1. The second-order valence-corrected chi connectivity index (χ2v) is 7.19. The van der Waals surface area contributed by atoms with Crippen molar-refractivity contribution in [3.63, 3.8) is 0 Å². The lowest BCUT2D eigenvalue weighted by molar-refractivity contribution is -0.363. The van der Waals surface area contributed by atoms with E-state index >= 15 is 0 Å². The van der Waals surface area contributed by atoms with Crippen LogP contribution < -0.4 is 5.32 Å². The number of alkyl halides is 3. The number of thiol groups is 1. The molecule has 31 heavy (non-hydrogen) atoms. The number of rotatable bonds is 5. The number of nitrogens with one attached hydrogen (secondary N) is 1. The average molecular weight is 487 g/mol. The lowest BCUT2D eigenvalue weighted by Gasteiger charge is -2.34. The molecule has 0 spiro atoms. The van der Waals surface area contributed by atoms with Crippen LogP contribution in [0.1, 0.15) is 29.5 Å². The zero-order valence-electron chi connectivity index (χ0n) is 15.5. The first kappa shape index (κ1) is 25.0. The van der Waals surface area contributed by atoms with Crippen LogP contribution in [0, 0.1) is 0 Å². The Bertz CT molecular complexity index is 982. The molecule has 1 aliphatic rings. The van der Waals surface area contributed by atoms with E-state index in [4.69, 9.17) is 11.6 Å². The van der Waals surface area contributed by atoms with Crippen molar-refractivity contribution in [3.05, 3.63) is 33.8 Å². The summed E-state index contributed by atoms with van der Waals surface area (Å²) >= 11 is 9.25. The maximum atomic E-state index is 13.1. The molecule has 0 unspecified atom stereocenters. The largest absolute Gasteiger partial charge is 0.417 e. The molecule has 1 aromatic rings. The molecule has 10 nitrogen and oxygen atoms in total. The molecule has 15 heteroatoms.